The highest BCUT2D eigenvalue weighted by Crippen LogP contribution is 2.17. The van der Waals surface area contributed by atoms with Crippen LogP contribution in [0.4, 0.5) is 0 Å². The van der Waals surface area contributed by atoms with Crippen molar-refractivity contribution in [3.63, 3.8) is 0 Å². The molecule has 1 atom stereocenters. The van der Waals surface area contributed by atoms with Gasteiger partial charge in [0.25, 0.3) is 0 Å². The SMILES string of the molecule is CC(CCNC(=O)CCOc1cccc(Cl)c1)C(=O)O. The Morgan fingerprint density at radius 1 is 1.45 bits per heavy atom. The molecule has 1 aromatic carbocycles. The molecular formula is C14H18ClNO4. The number of carboxylic acid groups (broad SMARTS) is 1. The lowest BCUT2D eigenvalue weighted by molar-refractivity contribution is -0.141. The molecule has 0 fully saturated rings. The minimum Gasteiger partial charge on any atom is -0.493 e. The third kappa shape index (κ3) is 6.43. The summed E-state index contributed by atoms with van der Waals surface area (Å²) in [5, 5.41) is 11.9. The van der Waals surface area contributed by atoms with Crippen LogP contribution in [-0.2, 0) is 9.59 Å². The molecule has 0 aromatic heterocycles. The second-order valence-corrected chi connectivity index (χ2v) is 4.87. The number of carbonyl (C=O) groups is 2. The Balaban J connectivity index is 2.16. The Bertz CT molecular complexity index is 464. The first-order chi connectivity index (χ1) is 9.49. The van der Waals surface area contributed by atoms with Crippen LogP contribution >= 0.6 is 11.6 Å². The normalized spacial score (nSPS) is 11.7. The smallest absolute Gasteiger partial charge is 0.306 e. The van der Waals surface area contributed by atoms with E-state index in [0.717, 1.165) is 0 Å². The van der Waals surface area contributed by atoms with Gasteiger partial charge in [-0.05, 0) is 24.6 Å². The van der Waals surface area contributed by atoms with Crippen molar-refractivity contribution in [1.29, 1.82) is 0 Å². The molecule has 0 aliphatic rings. The first-order valence-electron chi connectivity index (χ1n) is 6.37. The molecule has 0 saturated carbocycles. The summed E-state index contributed by atoms with van der Waals surface area (Å²) in [5.74, 6) is -0.865. The number of hydrogen-bond donors (Lipinski definition) is 2. The quantitative estimate of drug-likeness (QED) is 0.772. The van der Waals surface area contributed by atoms with E-state index in [1.165, 1.54) is 0 Å². The highest BCUT2D eigenvalue weighted by atomic mass is 35.5. The van der Waals surface area contributed by atoms with E-state index in [1.807, 2.05) is 0 Å². The Hall–Kier alpha value is -1.75. The molecule has 0 spiro atoms. The van der Waals surface area contributed by atoms with Crippen LogP contribution in [0.5, 0.6) is 5.75 Å². The molecule has 5 nitrogen and oxygen atoms in total. The van der Waals surface area contributed by atoms with Crippen molar-refractivity contribution in [2.24, 2.45) is 5.92 Å². The van der Waals surface area contributed by atoms with Crippen LogP contribution in [0.25, 0.3) is 0 Å². The van der Waals surface area contributed by atoms with Gasteiger partial charge in [0.2, 0.25) is 5.91 Å². The van der Waals surface area contributed by atoms with E-state index >= 15 is 0 Å². The van der Waals surface area contributed by atoms with Gasteiger partial charge in [-0.15, -0.1) is 0 Å². The van der Waals surface area contributed by atoms with Gasteiger partial charge in [-0.2, -0.15) is 0 Å². The monoisotopic (exact) mass is 299 g/mol. The average molecular weight is 300 g/mol. The zero-order valence-electron chi connectivity index (χ0n) is 11.3. The van der Waals surface area contributed by atoms with Crippen LogP contribution in [0.15, 0.2) is 24.3 Å². The van der Waals surface area contributed by atoms with E-state index < -0.39 is 11.9 Å². The lowest BCUT2D eigenvalue weighted by Gasteiger charge is -2.09. The molecule has 0 saturated heterocycles. The summed E-state index contributed by atoms with van der Waals surface area (Å²) in [6.45, 7) is 2.21. The van der Waals surface area contributed by atoms with Crippen molar-refractivity contribution >= 4 is 23.5 Å². The zero-order valence-corrected chi connectivity index (χ0v) is 12.0. The van der Waals surface area contributed by atoms with Gasteiger partial charge in [0, 0.05) is 11.6 Å². The van der Waals surface area contributed by atoms with Crippen LogP contribution in [0.2, 0.25) is 5.02 Å². The van der Waals surface area contributed by atoms with Gasteiger partial charge in [-0.1, -0.05) is 24.6 Å². The van der Waals surface area contributed by atoms with Crippen LogP contribution in [0.1, 0.15) is 19.8 Å². The van der Waals surface area contributed by atoms with E-state index in [1.54, 1.807) is 31.2 Å². The molecule has 1 amide bonds. The summed E-state index contributed by atoms with van der Waals surface area (Å²) in [7, 11) is 0. The van der Waals surface area contributed by atoms with E-state index in [-0.39, 0.29) is 18.9 Å². The fraction of sp³-hybridized carbons (Fsp3) is 0.429. The number of benzene rings is 1. The summed E-state index contributed by atoms with van der Waals surface area (Å²) in [6.07, 6.45) is 0.629. The third-order valence-corrected chi connectivity index (χ3v) is 2.95. The summed E-state index contributed by atoms with van der Waals surface area (Å²) in [4.78, 5) is 22.1. The van der Waals surface area contributed by atoms with Gasteiger partial charge in [0.1, 0.15) is 5.75 Å². The molecule has 6 heteroatoms. The minimum absolute atomic E-state index is 0.162. The number of ether oxygens (including phenoxy) is 1. The third-order valence-electron chi connectivity index (χ3n) is 2.72. The summed E-state index contributed by atoms with van der Waals surface area (Å²) < 4.78 is 5.38. The molecule has 110 valence electrons. The average Bonchev–Trinajstić information content (AvgIpc) is 2.38. The summed E-state index contributed by atoms with van der Waals surface area (Å²) in [5.41, 5.74) is 0. The highest BCUT2D eigenvalue weighted by molar-refractivity contribution is 6.30. The van der Waals surface area contributed by atoms with Crippen LogP contribution < -0.4 is 10.1 Å². The Morgan fingerprint density at radius 2 is 2.20 bits per heavy atom. The molecule has 0 heterocycles. The molecule has 20 heavy (non-hydrogen) atoms. The molecule has 1 aromatic rings. The summed E-state index contributed by atoms with van der Waals surface area (Å²) in [6, 6.07) is 6.95. The number of hydrogen-bond acceptors (Lipinski definition) is 3. The Labute approximate surface area is 122 Å². The van der Waals surface area contributed by atoms with E-state index in [2.05, 4.69) is 5.32 Å². The second-order valence-electron chi connectivity index (χ2n) is 4.43. The highest BCUT2D eigenvalue weighted by Gasteiger charge is 2.10. The maximum atomic E-state index is 11.5. The largest absolute Gasteiger partial charge is 0.493 e. The van der Waals surface area contributed by atoms with Crippen molar-refractivity contribution < 1.29 is 19.4 Å². The minimum atomic E-state index is -0.858. The summed E-state index contributed by atoms with van der Waals surface area (Å²) >= 11 is 5.80. The molecule has 0 aliphatic heterocycles. The lowest BCUT2D eigenvalue weighted by Crippen LogP contribution is -2.28. The van der Waals surface area contributed by atoms with E-state index in [4.69, 9.17) is 21.4 Å². The van der Waals surface area contributed by atoms with Gasteiger partial charge in [0.15, 0.2) is 0 Å². The molecular weight excluding hydrogens is 282 g/mol. The molecule has 0 aliphatic carbocycles. The van der Waals surface area contributed by atoms with Crippen LogP contribution in [0, 0.1) is 5.92 Å². The van der Waals surface area contributed by atoms with Gasteiger partial charge in [-0.25, -0.2) is 0 Å². The van der Waals surface area contributed by atoms with Gasteiger partial charge >= 0.3 is 5.97 Å². The van der Waals surface area contributed by atoms with E-state index in [0.29, 0.717) is 23.7 Å². The van der Waals surface area contributed by atoms with Crippen molar-refractivity contribution in [3.05, 3.63) is 29.3 Å². The predicted molar refractivity (Wildman–Crippen MR) is 76.0 cm³/mol. The number of carboxylic acids is 1. The number of rotatable bonds is 8. The zero-order chi connectivity index (χ0) is 15.0. The lowest BCUT2D eigenvalue weighted by atomic mass is 10.1. The molecule has 0 radical (unpaired) electrons. The van der Waals surface area contributed by atoms with Crippen molar-refractivity contribution in [1.82, 2.24) is 5.32 Å². The van der Waals surface area contributed by atoms with Gasteiger partial charge in [0.05, 0.1) is 18.9 Å². The fourth-order valence-corrected chi connectivity index (χ4v) is 1.64. The van der Waals surface area contributed by atoms with Crippen molar-refractivity contribution in [3.8, 4) is 5.75 Å². The fourth-order valence-electron chi connectivity index (χ4n) is 1.46. The molecule has 1 rings (SSSR count). The number of amides is 1. The predicted octanol–water partition coefficient (Wildman–Crippen LogP) is 2.34. The standard InChI is InChI=1S/C14H18ClNO4/c1-10(14(18)19)5-7-16-13(17)6-8-20-12-4-2-3-11(15)9-12/h2-4,9-10H,5-8H2,1H3,(H,16,17)(H,18,19). The number of carbonyl (C=O) groups excluding carboxylic acids is 1. The van der Waals surface area contributed by atoms with Crippen LogP contribution in [-0.4, -0.2) is 30.1 Å². The van der Waals surface area contributed by atoms with Crippen molar-refractivity contribution in [2.75, 3.05) is 13.2 Å². The van der Waals surface area contributed by atoms with Gasteiger partial charge in [-0.3, -0.25) is 9.59 Å². The second kappa shape index (κ2) is 8.43. The number of aliphatic carboxylic acids is 1. The molecule has 0 bridgehead atoms. The van der Waals surface area contributed by atoms with Crippen molar-refractivity contribution in [2.45, 2.75) is 19.8 Å². The topological polar surface area (TPSA) is 75.6 Å². The molecule has 2 N–H and O–H groups in total. The molecule has 1 unspecified atom stereocenters. The van der Waals surface area contributed by atoms with Gasteiger partial charge < -0.3 is 15.2 Å². The van der Waals surface area contributed by atoms with E-state index in [9.17, 15) is 9.59 Å². The number of nitrogens with one attached hydrogen (secondary N) is 1. The Morgan fingerprint density at radius 3 is 2.85 bits per heavy atom. The first-order valence-corrected chi connectivity index (χ1v) is 6.74. The number of halogens is 1. The van der Waals surface area contributed by atoms with Crippen LogP contribution in [0.3, 0.4) is 0 Å². The Kier molecular flexibility index (Phi) is 6.87. The maximum absolute atomic E-state index is 11.5. The maximum Gasteiger partial charge on any atom is 0.306 e. The first kappa shape index (κ1) is 16.3.